The lowest BCUT2D eigenvalue weighted by molar-refractivity contribution is 0.101. The van der Waals surface area contributed by atoms with Crippen LogP contribution in [0.1, 0.15) is 32.6 Å². The lowest BCUT2D eigenvalue weighted by Crippen LogP contribution is -1.98. The molecule has 0 unspecified atom stereocenters. The second-order valence-electron chi connectivity index (χ2n) is 7.04. The third-order valence-corrected chi connectivity index (χ3v) is 4.82. The molecule has 0 aliphatic carbocycles. The number of hydrogen-bond acceptors (Lipinski definition) is 3. The van der Waals surface area contributed by atoms with Gasteiger partial charge in [-0.3, -0.25) is 4.79 Å². The van der Waals surface area contributed by atoms with Gasteiger partial charge in [-0.1, -0.05) is 66.2 Å². The van der Waals surface area contributed by atoms with Crippen LogP contribution in [0.3, 0.4) is 0 Å². The molecule has 0 spiro atoms. The minimum Gasteiger partial charge on any atom is -0.489 e. The van der Waals surface area contributed by atoms with E-state index in [2.05, 4.69) is 0 Å². The zero-order valence-electron chi connectivity index (χ0n) is 16.5. The molecule has 3 aromatic carbocycles. The zero-order chi connectivity index (χ0) is 20.2. The Hall–Kier alpha value is -3.59. The van der Waals surface area contributed by atoms with E-state index in [4.69, 9.17) is 9.47 Å². The zero-order valence-corrected chi connectivity index (χ0v) is 16.5. The summed E-state index contributed by atoms with van der Waals surface area (Å²) in [5, 5.41) is 0. The van der Waals surface area contributed by atoms with Crippen LogP contribution >= 0.6 is 0 Å². The molecule has 0 radical (unpaired) electrons. The van der Waals surface area contributed by atoms with Crippen molar-refractivity contribution in [2.45, 2.75) is 13.8 Å². The third-order valence-electron chi connectivity index (χ3n) is 4.82. The SMILES string of the molecule is Cc1cccc(/C=C2\Oc3c(ccc(OC/C=C/c4ccccc4)c3C)C2=O)c1. The summed E-state index contributed by atoms with van der Waals surface area (Å²) in [6.07, 6.45) is 5.78. The molecule has 0 fully saturated rings. The highest BCUT2D eigenvalue weighted by molar-refractivity contribution is 6.14. The van der Waals surface area contributed by atoms with E-state index >= 15 is 0 Å². The van der Waals surface area contributed by atoms with Crippen LogP contribution in [0, 0.1) is 13.8 Å². The fourth-order valence-electron chi connectivity index (χ4n) is 3.32. The van der Waals surface area contributed by atoms with E-state index in [0.29, 0.717) is 29.4 Å². The first kappa shape index (κ1) is 18.8. The number of aryl methyl sites for hydroxylation is 1. The molecule has 144 valence electrons. The summed E-state index contributed by atoms with van der Waals surface area (Å²) < 4.78 is 11.8. The first-order valence-corrected chi connectivity index (χ1v) is 9.61. The number of allylic oxidation sites excluding steroid dienone is 1. The molecule has 0 amide bonds. The van der Waals surface area contributed by atoms with E-state index in [9.17, 15) is 4.79 Å². The summed E-state index contributed by atoms with van der Waals surface area (Å²) in [6.45, 7) is 4.38. The van der Waals surface area contributed by atoms with Gasteiger partial charge in [-0.05, 0) is 49.3 Å². The highest BCUT2D eigenvalue weighted by Gasteiger charge is 2.30. The minimum absolute atomic E-state index is 0.0971. The quantitative estimate of drug-likeness (QED) is 0.507. The van der Waals surface area contributed by atoms with Gasteiger partial charge in [0.2, 0.25) is 5.78 Å². The Bertz CT molecular complexity index is 1110. The van der Waals surface area contributed by atoms with Crippen molar-refractivity contribution in [3.8, 4) is 11.5 Å². The van der Waals surface area contributed by atoms with Crippen molar-refractivity contribution >= 4 is 17.9 Å². The van der Waals surface area contributed by atoms with Gasteiger partial charge in [0.15, 0.2) is 5.76 Å². The van der Waals surface area contributed by atoms with Gasteiger partial charge < -0.3 is 9.47 Å². The van der Waals surface area contributed by atoms with Crippen LogP contribution in [0.25, 0.3) is 12.2 Å². The maximum Gasteiger partial charge on any atom is 0.231 e. The minimum atomic E-state index is -0.0971. The Morgan fingerprint density at radius 3 is 2.52 bits per heavy atom. The Morgan fingerprint density at radius 1 is 0.931 bits per heavy atom. The molecule has 0 atom stereocenters. The van der Waals surface area contributed by atoms with E-state index in [-0.39, 0.29) is 5.78 Å². The number of ketones is 1. The number of ether oxygens (including phenoxy) is 2. The number of benzene rings is 3. The molecule has 3 heteroatoms. The average Bonchev–Trinajstić information content (AvgIpc) is 3.04. The second kappa shape index (κ2) is 8.19. The van der Waals surface area contributed by atoms with Gasteiger partial charge in [0.05, 0.1) is 5.56 Å². The molecular formula is C26H22O3. The van der Waals surface area contributed by atoms with E-state index < -0.39 is 0 Å². The third kappa shape index (κ3) is 4.14. The number of carbonyl (C=O) groups excluding carboxylic acids is 1. The van der Waals surface area contributed by atoms with E-state index in [1.165, 1.54) is 0 Å². The van der Waals surface area contributed by atoms with Gasteiger partial charge >= 0.3 is 0 Å². The molecule has 1 aliphatic rings. The van der Waals surface area contributed by atoms with Gasteiger partial charge in [0, 0.05) is 5.56 Å². The van der Waals surface area contributed by atoms with Crippen LogP contribution in [0.4, 0.5) is 0 Å². The van der Waals surface area contributed by atoms with Crippen molar-refractivity contribution in [1.29, 1.82) is 0 Å². The number of rotatable bonds is 5. The summed E-state index contributed by atoms with van der Waals surface area (Å²) >= 11 is 0. The van der Waals surface area contributed by atoms with Crippen molar-refractivity contribution in [3.05, 3.63) is 106 Å². The van der Waals surface area contributed by atoms with Crippen molar-refractivity contribution in [1.82, 2.24) is 0 Å². The van der Waals surface area contributed by atoms with Gasteiger partial charge in [-0.25, -0.2) is 0 Å². The number of carbonyl (C=O) groups is 1. The van der Waals surface area contributed by atoms with Gasteiger partial charge in [-0.2, -0.15) is 0 Å². The van der Waals surface area contributed by atoms with Crippen molar-refractivity contribution in [3.63, 3.8) is 0 Å². The monoisotopic (exact) mass is 382 g/mol. The first-order chi connectivity index (χ1) is 14.1. The lowest BCUT2D eigenvalue weighted by Gasteiger charge is -2.10. The Balaban J connectivity index is 1.50. The van der Waals surface area contributed by atoms with Gasteiger partial charge in [-0.15, -0.1) is 0 Å². The maximum atomic E-state index is 12.7. The predicted molar refractivity (Wildman–Crippen MR) is 116 cm³/mol. The van der Waals surface area contributed by atoms with Crippen LogP contribution in [0.15, 0.2) is 78.6 Å². The molecule has 1 heterocycles. The van der Waals surface area contributed by atoms with Gasteiger partial charge in [0.1, 0.15) is 18.1 Å². The highest BCUT2D eigenvalue weighted by atomic mass is 16.5. The van der Waals surface area contributed by atoms with E-state index in [1.807, 2.05) is 86.7 Å². The highest BCUT2D eigenvalue weighted by Crippen LogP contribution is 2.39. The topological polar surface area (TPSA) is 35.5 Å². The molecule has 3 aromatic rings. The summed E-state index contributed by atoms with van der Waals surface area (Å²) in [5.74, 6) is 1.54. The summed E-state index contributed by atoms with van der Waals surface area (Å²) in [5.41, 5.74) is 4.62. The number of hydrogen-bond donors (Lipinski definition) is 0. The molecule has 1 aliphatic heterocycles. The molecule has 4 rings (SSSR count). The smallest absolute Gasteiger partial charge is 0.231 e. The maximum absolute atomic E-state index is 12.7. The van der Waals surface area contributed by atoms with Crippen molar-refractivity contribution < 1.29 is 14.3 Å². The molecule has 0 saturated carbocycles. The number of fused-ring (bicyclic) bond motifs is 1. The molecule has 0 saturated heterocycles. The standard InChI is InChI=1S/C26H22O3/c1-18-8-6-11-21(16-18)17-24-25(27)22-13-14-23(19(2)26(22)29-24)28-15-7-12-20-9-4-3-5-10-20/h3-14,16-17H,15H2,1-2H3/b12-7+,24-17-. The van der Waals surface area contributed by atoms with Crippen LogP contribution in [-0.4, -0.2) is 12.4 Å². The Kier molecular flexibility index (Phi) is 5.30. The first-order valence-electron chi connectivity index (χ1n) is 9.61. The molecule has 0 aromatic heterocycles. The van der Waals surface area contributed by atoms with Crippen LogP contribution in [-0.2, 0) is 0 Å². The Labute approximate surface area is 170 Å². The second-order valence-corrected chi connectivity index (χ2v) is 7.04. The summed E-state index contributed by atoms with van der Waals surface area (Å²) in [6, 6.07) is 21.7. The summed E-state index contributed by atoms with van der Waals surface area (Å²) in [7, 11) is 0. The molecule has 0 N–H and O–H groups in total. The number of Topliss-reactive ketones (excluding diaryl/α,β-unsaturated/α-hetero) is 1. The summed E-state index contributed by atoms with van der Waals surface area (Å²) in [4.78, 5) is 12.7. The van der Waals surface area contributed by atoms with Crippen molar-refractivity contribution in [2.24, 2.45) is 0 Å². The largest absolute Gasteiger partial charge is 0.489 e. The normalized spacial score (nSPS) is 14.3. The fraction of sp³-hybridized carbons (Fsp3) is 0.115. The lowest BCUT2D eigenvalue weighted by atomic mass is 10.1. The molecule has 29 heavy (non-hydrogen) atoms. The Morgan fingerprint density at radius 2 is 1.72 bits per heavy atom. The van der Waals surface area contributed by atoms with E-state index in [1.54, 1.807) is 12.1 Å². The van der Waals surface area contributed by atoms with Crippen LogP contribution in [0.5, 0.6) is 11.5 Å². The van der Waals surface area contributed by atoms with Crippen LogP contribution < -0.4 is 9.47 Å². The van der Waals surface area contributed by atoms with Crippen LogP contribution in [0.2, 0.25) is 0 Å². The van der Waals surface area contributed by atoms with Crippen molar-refractivity contribution in [2.75, 3.05) is 6.61 Å². The van der Waals surface area contributed by atoms with E-state index in [0.717, 1.165) is 22.3 Å². The molecular weight excluding hydrogens is 360 g/mol. The van der Waals surface area contributed by atoms with Gasteiger partial charge in [0.25, 0.3) is 0 Å². The predicted octanol–water partition coefficient (Wildman–Crippen LogP) is 6.01. The molecule has 3 nitrogen and oxygen atoms in total. The average molecular weight is 382 g/mol. The fourth-order valence-corrected chi connectivity index (χ4v) is 3.32. The molecule has 0 bridgehead atoms.